The lowest BCUT2D eigenvalue weighted by molar-refractivity contribution is 0.461. The topological polar surface area (TPSA) is 70.5 Å². The van der Waals surface area contributed by atoms with Crippen molar-refractivity contribution < 1.29 is 9.47 Å². The lowest BCUT2D eigenvalue weighted by Gasteiger charge is -2.18. The number of anilines is 2. The normalized spacial score (nSPS) is 11.1. The number of nitrogens with two attached hydrogens (primary N) is 2. The highest BCUT2D eigenvalue weighted by molar-refractivity contribution is 6.53. The van der Waals surface area contributed by atoms with E-state index in [1.165, 1.54) is 12.1 Å². The summed E-state index contributed by atoms with van der Waals surface area (Å²) in [7, 11) is 0. The fraction of sp³-hybridized carbons (Fsp3) is 0. The zero-order valence-corrected chi connectivity index (χ0v) is 22.5. The molecule has 3 aromatic rings. The van der Waals surface area contributed by atoms with Crippen LogP contribution in [0.5, 0.6) is 23.0 Å². The lowest BCUT2D eigenvalue weighted by atomic mass is 10.2. The minimum atomic E-state index is -0.129. The highest BCUT2D eigenvalue weighted by Crippen LogP contribution is 2.53. The first-order valence-corrected chi connectivity index (χ1v) is 11.7. The van der Waals surface area contributed by atoms with E-state index in [0.717, 1.165) is 0 Å². The summed E-state index contributed by atoms with van der Waals surface area (Å²) in [5.74, 6) is -0.290. The van der Waals surface area contributed by atoms with Crippen LogP contribution in [-0.4, -0.2) is 0 Å². The molecule has 0 saturated heterocycles. The predicted molar refractivity (Wildman–Crippen MR) is 138 cm³/mol. The van der Waals surface area contributed by atoms with Crippen LogP contribution in [0.2, 0.25) is 50.2 Å². The van der Waals surface area contributed by atoms with Gasteiger partial charge >= 0.3 is 0 Å². The molecule has 0 amide bonds. The van der Waals surface area contributed by atoms with Gasteiger partial charge in [0.1, 0.15) is 30.9 Å². The summed E-state index contributed by atoms with van der Waals surface area (Å²) >= 11 is 61.7. The van der Waals surface area contributed by atoms with Crippen molar-refractivity contribution >= 4 is 127 Å². The van der Waals surface area contributed by atoms with Gasteiger partial charge in [-0.25, -0.2) is 0 Å². The lowest BCUT2D eigenvalue weighted by Crippen LogP contribution is -1.97. The van der Waals surface area contributed by atoms with Gasteiger partial charge in [0.05, 0.1) is 36.5 Å². The Kier molecular flexibility index (Phi) is 8.38. The zero-order valence-electron chi connectivity index (χ0n) is 14.9. The molecule has 14 heteroatoms. The Morgan fingerprint density at radius 2 is 0.875 bits per heavy atom. The second-order valence-corrected chi connectivity index (χ2v) is 9.70. The van der Waals surface area contributed by atoms with Crippen molar-refractivity contribution in [2.75, 3.05) is 11.5 Å². The van der Waals surface area contributed by atoms with Crippen molar-refractivity contribution in [1.29, 1.82) is 0 Å². The van der Waals surface area contributed by atoms with Gasteiger partial charge in [0, 0.05) is 0 Å². The van der Waals surface area contributed by atoms with Crippen LogP contribution in [0.4, 0.5) is 11.4 Å². The Bertz CT molecular complexity index is 1210. The molecule has 0 radical (unpaired) electrons. The summed E-state index contributed by atoms with van der Waals surface area (Å²) < 4.78 is 11.5. The number of hydrogen-bond donors (Lipinski definition) is 2. The molecule has 0 aromatic heterocycles. The number of ether oxygens (including phenoxy) is 2. The van der Waals surface area contributed by atoms with Gasteiger partial charge in [-0.05, 0) is 12.1 Å². The van der Waals surface area contributed by atoms with Crippen LogP contribution in [0, 0.1) is 0 Å². The standard InChI is InChI=1S/C18H6Cl10N2O2/c19-3-1-2-4(31-17-10(25)6(21)8(23)14(29)12(17)27)5(20)16(3)32-18-11(26)7(22)9(24)15(30)13(18)28/h1-2H,29-30H2. The highest BCUT2D eigenvalue weighted by atomic mass is 35.5. The third kappa shape index (κ3) is 4.65. The molecule has 0 aliphatic rings. The van der Waals surface area contributed by atoms with E-state index in [4.69, 9.17) is 137 Å². The molecule has 0 spiro atoms. The first-order valence-electron chi connectivity index (χ1n) is 7.94. The van der Waals surface area contributed by atoms with Crippen LogP contribution < -0.4 is 20.9 Å². The molecule has 4 nitrogen and oxygen atoms in total. The van der Waals surface area contributed by atoms with Gasteiger partial charge in [0.2, 0.25) is 0 Å². The van der Waals surface area contributed by atoms with Crippen LogP contribution in [0.1, 0.15) is 0 Å². The van der Waals surface area contributed by atoms with Crippen molar-refractivity contribution in [2.45, 2.75) is 0 Å². The minimum Gasteiger partial charge on any atom is -0.452 e. The monoisotopic (exact) mass is 632 g/mol. The van der Waals surface area contributed by atoms with E-state index in [1.807, 2.05) is 0 Å². The van der Waals surface area contributed by atoms with E-state index < -0.39 is 0 Å². The zero-order chi connectivity index (χ0) is 24.1. The highest BCUT2D eigenvalue weighted by Gasteiger charge is 2.25. The predicted octanol–water partition coefficient (Wildman–Crippen LogP) is 11.0. The van der Waals surface area contributed by atoms with E-state index in [-0.39, 0.29) is 84.6 Å². The van der Waals surface area contributed by atoms with Crippen molar-refractivity contribution in [3.05, 3.63) is 62.4 Å². The summed E-state index contributed by atoms with van der Waals surface area (Å²) in [6, 6.07) is 2.85. The number of nitrogen functional groups attached to an aromatic ring is 2. The maximum Gasteiger partial charge on any atom is 0.168 e. The summed E-state index contributed by atoms with van der Waals surface area (Å²) in [5, 5.41) is -0.619. The molecule has 0 aliphatic heterocycles. The maximum absolute atomic E-state index is 6.46. The Labute approximate surface area is 231 Å². The van der Waals surface area contributed by atoms with Crippen molar-refractivity contribution in [3.8, 4) is 23.0 Å². The summed E-state index contributed by atoms with van der Waals surface area (Å²) in [6.07, 6.45) is 0. The van der Waals surface area contributed by atoms with Crippen LogP contribution in [-0.2, 0) is 0 Å². The summed E-state index contributed by atoms with van der Waals surface area (Å²) in [5.41, 5.74) is 11.6. The molecule has 0 fully saturated rings. The average Bonchev–Trinajstić information content (AvgIpc) is 2.77. The number of halogens is 10. The molecule has 3 aromatic carbocycles. The van der Waals surface area contributed by atoms with Gasteiger partial charge in [0.25, 0.3) is 0 Å². The fourth-order valence-electron chi connectivity index (χ4n) is 2.34. The average molecular weight is 637 g/mol. The SMILES string of the molecule is Nc1c(Cl)c(Cl)c(Cl)c(Oc2ccc(Cl)c(Oc3c(Cl)c(N)c(Cl)c(Cl)c3Cl)c2Cl)c1Cl. The molecule has 0 heterocycles. The summed E-state index contributed by atoms with van der Waals surface area (Å²) in [6.45, 7) is 0. The molecule has 0 aliphatic carbocycles. The van der Waals surface area contributed by atoms with Crippen LogP contribution >= 0.6 is 116 Å². The van der Waals surface area contributed by atoms with Gasteiger partial charge in [0.15, 0.2) is 17.2 Å². The van der Waals surface area contributed by atoms with E-state index in [2.05, 4.69) is 0 Å². The van der Waals surface area contributed by atoms with Crippen molar-refractivity contribution in [1.82, 2.24) is 0 Å². The molecule has 32 heavy (non-hydrogen) atoms. The van der Waals surface area contributed by atoms with Crippen LogP contribution in [0.25, 0.3) is 0 Å². The number of rotatable bonds is 4. The molecule has 0 saturated carbocycles. The quantitative estimate of drug-likeness (QED) is 0.170. The van der Waals surface area contributed by atoms with Crippen molar-refractivity contribution in [2.24, 2.45) is 0 Å². The third-order valence-corrected chi connectivity index (χ3v) is 8.00. The molecular formula is C18H6Cl10N2O2. The smallest absolute Gasteiger partial charge is 0.168 e. The molecule has 0 atom stereocenters. The van der Waals surface area contributed by atoms with E-state index in [1.54, 1.807) is 0 Å². The number of benzene rings is 3. The third-order valence-electron chi connectivity index (χ3n) is 3.94. The Hall–Kier alpha value is -0.240. The Morgan fingerprint density at radius 1 is 0.438 bits per heavy atom. The Morgan fingerprint density at radius 3 is 1.34 bits per heavy atom. The molecule has 0 bridgehead atoms. The molecule has 170 valence electrons. The van der Waals surface area contributed by atoms with E-state index in [0.29, 0.717) is 0 Å². The molecule has 4 N–H and O–H groups in total. The molecule has 3 rings (SSSR count). The second-order valence-electron chi connectivity index (χ2n) is 5.89. The second kappa shape index (κ2) is 10.2. The van der Waals surface area contributed by atoms with Gasteiger partial charge in [-0.3, -0.25) is 0 Å². The largest absolute Gasteiger partial charge is 0.452 e. The minimum absolute atomic E-state index is 0.0212. The molecule has 0 unspecified atom stereocenters. The van der Waals surface area contributed by atoms with E-state index >= 15 is 0 Å². The first-order chi connectivity index (χ1) is 14.9. The van der Waals surface area contributed by atoms with Gasteiger partial charge in [-0.1, -0.05) is 116 Å². The van der Waals surface area contributed by atoms with Crippen molar-refractivity contribution in [3.63, 3.8) is 0 Å². The van der Waals surface area contributed by atoms with Crippen LogP contribution in [0.15, 0.2) is 12.1 Å². The fourth-order valence-corrected chi connectivity index (χ4v) is 4.78. The van der Waals surface area contributed by atoms with Gasteiger partial charge in [-0.2, -0.15) is 0 Å². The number of hydrogen-bond acceptors (Lipinski definition) is 4. The first kappa shape index (κ1) is 26.4. The van der Waals surface area contributed by atoms with Gasteiger partial charge in [-0.15, -0.1) is 0 Å². The maximum atomic E-state index is 6.46. The molecular weight excluding hydrogens is 631 g/mol. The summed E-state index contributed by atoms with van der Waals surface area (Å²) in [4.78, 5) is 0. The Balaban J connectivity index is 2.12. The van der Waals surface area contributed by atoms with Gasteiger partial charge < -0.3 is 20.9 Å². The van der Waals surface area contributed by atoms with E-state index in [9.17, 15) is 0 Å². The van der Waals surface area contributed by atoms with Crippen LogP contribution in [0.3, 0.4) is 0 Å².